The van der Waals surface area contributed by atoms with Gasteiger partial charge in [0.1, 0.15) is 22.6 Å². The number of hydrogen-bond donors (Lipinski definition) is 4. The molecule has 0 spiro atoms. The van der Waals surface area contributed by atoms with Crippen LogP contribution >= 0.6 is 0 Å². The third-order valence-electron chi connectivity index (χ3n) is 4.80. The fourth-order valence-corrected chi connectivity index (χ4v) is 3.45. The fourth-order valence-electron chi connectivity index (χ4n) is 3.45. The molecule has 0 radical (unpaired) electrons. The second kappa shape index (κ2) is 7.08. The Bertz CT molecular complexity index is 1140. The minimum absolute atomic E-state index is 0.0669. The summed E-state index contributed by atoms with van der Waals surface area (Å²) in [7, 11) is 0. The zero-order valence-electron chi connectivity index (χ0n) is 15.1. The summed E-state index contributed by atoms with van der Waals surface area (Å²) < 4.78 is 0. The Balaban J connectivity index is 2.35. The van der Waals surface area contributed by atoms with E-state index in [-0.39, 0.29) is 28.7 Å². The van der Waals surface area contributed by atoms with Crippen LogP contribution in [0, 0.1) is 6.92 Å². The first-order chi connectivity index (χ1) is 13.3. The van der Waals surface area contributed by atoms with Gasteiger partial charge in [0, 0.05) is 17.5 Å². The highest BCUT2D eigenvalue weighted by atomic mass is 16.4. The third kappa shape index (κ3) is 3.05. The van der Waals surface area contributed by atoms with Gasteiger partial charge in [-0.15, -0.1) is 0 Å². The van der Waals surface area contributed by atoms with Gasteiger partial charge in [-0.2, -0.15) is 0 Å². The summed E-state index contributed by atoms with van der Waals surface area (Å²) in [4.78, 5) is 23.0. The Morgan fingerprint density at radius 2 is 1.54 bits per heavy atom. The number of fused-ring (bicyclic) bond motifs is 1. The highest BCUT2D eigenvalue weighted by molar-refractivity contribution is 6.00. The van der Waals surface area contributed by atoms with E-state index in [2.05, 4.69) is 6.58 Å². The molecule has 0 aliphatic heterocycles. The Morgan fingerprint density at radius 1 is 0.964 bits per heavy atom. The number of carboxylic acids is 2. The second-order valence-corrected chi connectivity index (χ2v) is 6.45. The molecule has 0 saturated heterocycles. The number of hydrogen-bond acceptors (Lipinski definition) is 4. The normalized spacial score (nSPS) is 10.8. The molecule has 0 heterocycles. The van der Waals surface area contributed by atoms with Crippen molar-refractivity contribution in [3.63, 3.8) is 0 Å². The lowest BCUT2D eigenvalue weighted by Gasteiger charge is -2.17. The first-order valence-electron chi connectivity index (χ1n) is 8.44. The van der Waals surface area contributed by atoms with Gasteiger partial charge < -0.3 is 20.4 Å². The summed E-state index contributed by atoms with van der Waals surface area (Å²) in [6.45, 7) is 5.42. The van der Waals surface area contributed by atoms with Crippen molar-refractivity contribution in [2.75, 3.05) is 0 Å². The molecule has 0 bridgehead atoms. The number of benzene rings is 3. The highest BCUT2D eigenvalue weighted by Gasteiger charge is 2.23. The molecular weight excluding hydrogens is 360 g/mol. The summed E-state index contributed by atoms with van der Waals surface area (Å²) in [5, 5.41) is 41.2. The van der Waals surface area contributed by atoms with E-state index >= 15 is 0 Å². The van der Waals surface area contributed by atoms with E-state index in [0.717, 1.165) is 0 Å². The number of phenols is 2. The van der Waals surface area contributed by atoms with Crippen LogP contribution in [0.1, 0.15) is 43.0 Å². The van der Waals surface area contributed by atoms with Crippen molar-refractivity contribution in [1.29, 1.82) is 0 Å². The molecular formula is C22H18O6. The Labute approximate surface area is 160 Å². The lowest BCUT2D eigenvalue weighted by atomic mass is 9.89. The molecule has 6 heteroatoms. The molecule has 0 aromatic heterocycles. The molecule has 0 aliphatic rings. The molecule has 0 saturated carbocycles. The highest BCUT2D eigenvalue weighted by Crippen LogP contribution is 2.38. The minimum atomic E-state index is -1.29. The van der Waals surface area contributed by atoms with Gasteiger partial charge in [-0.3, -0.25) is 0 Å². The SMILES string of the molecule is C=Cc1c(C)cc(C(=O)O)c(O)c1Cc1c(O)c(C(=O)O)cc2ccccc12. The third-order valence-corrected chi connectivity index (χ3v) is 4.80. The quantitative estimate of drug-likeness (QED) is 0.529. The molecule has 6 nitrogen and oxygen atoms in total. The molecule has 28 heavy (non-hydrogen) atoms. The monoisotopic (exact) mass is 378 g/mol. The lowest BCUT2D eigenvalue weighted by molar-refractivity contribution is 0.0682. The smallest absolute Gasteiger partial charge is 0.339 e. The standard InChI is InChI=1S/C22H18O6/c1-3-13-11(2)8-17(21(25)26)19(23)15(13)10-16-14-7-5-4-6-12(14)9-18(20(16)24)22(27)28/h3-9,23-24H,1,10H2,2H3,(H,25,26)(H,27,28). The van der Waals surface area contributed by atoms with Crippen LogP contribution in [0.4, 0.5) is 0 Å². The van der Waals surface area contributed by atoms with Gasteiger partial charge >= 0.3 is 11.9 Å². The second-order valence-electron chi connectivity index (χ2n) is 6.45. The Hall–Kier alpha value is -3.80. The van der Waals surface area contributed by atoms with Gasteiger partial charge in [-0.05, 0) is 41.0 Å². The maximum absolute atomic E-state index is 11.6. The van der Waals surface area contributed by atoms with E-state index in [9.17, 15) is 30.0 Å². The predicted octanol–water partition coefficient (Wildman–Crippen LogP) is 4.19. The number of carboxylic acid groups (broad SMARTS) is 2. The van der Waals surface area contributed by atoms with Crippen molar-refractivity contribution in [2.24, 2.45) is 0 Å². The van der Waals surface area contributed by atoms with Crippen molar-refractivity contribution in [2.45, 2.75) is 13.3 Å². The van der Waals surface area contributed by atoms with Gasteiger partial charge in [-0.25, -0.2) is 9.59 Å². The van der Waals surface area contributed by atoms with Crippen LogP contribution in [0.2, 0.25) is 0 Å². The molecule has 142 valence electrons. The summed E-state index contributed by atoms with van der Waals surface area (Å²) in [5.74, 6) is -3.42. The first-order valence-corrected chi connectivity index (χ1v) is 8.44. The van der Waals surface area contributed by atoms with E-state index in [1.807, 2.05) is 0 Å². The maximum atomic E-state index is 11.6. The molecule has 0 unspecified atom stereocenters. The van der Waals surface area contributed by atoms with Gasteiger partial charge in [0.25, 0.3) is 0 Å². The molecule has 0 atom stereocenters. The summed E-state index contributed by atoms with van der Waals surface area (Å²) in [6, 6.07) is 9.68. The summed E-state index contributed by atoms with van der Waals surface area (Å²) in [5.41, 5.74) is 1.15. The Kier molecular flexibility index (Phi) is 4.79. The van der Waals surface area contributed by atoms with Crippen LogP contribution in [0.25, 0.3) is 16.8 Å². The van der Waals surface area contributed by atoms with Crippen molar-refractivity contribution in [1.82, 2.24) is 0 Å². The molecule has 0 fully saturated rings. The van der Waals surface area contributed by atoms with Gasteiger partial charge in [-0.1, -0.05) is 36.9 Å². The maximum Gasteiger partial charge on any atom is 0.339 e. The van der Waals surface area contributed by atoms with Crippen molar-refractivity contribution < 1.29 is 30.0 Å². The van der Waals surface area contributed by atoms with Gasteiger partial charge in [0.2, 0.25) is 0 Å². The number of aryl methyl sites for hydroxylation is 1. The van der Waals surface area contributed by atoms with Gasteiger partial charge in [0.05, 0.1) is 0 Å². The van der Waals surface area contributed by atoms with Crippen LogP contribution in [0.5, 0.6) is 11.5 Å². The topological polar surface area (TPSA) is 115 Å². The average molecular weight is 378 g/mol. The average Bonchev–Trinajstić information content (AvgIpc) is 2.65. The molecule has 3 aromatic rings. The number of rotatable bonds is 5. The molecule has 0 amide bonds. The first kappa shape index (κ1) is 19.0. The summed E-state index contributed by atoms with van der Waals surface area (Å²) in [6.07, 6.45) is 1.43. The zero-order valence-corrected chi connectivity index (χ0v) is 15.1. The van der Waals surface area contributed by atoms with Crippen LogP contribution in [0.15, 0.2) is 43.0 Å². The van der Waals surface area contributed by atoms with E-state index in [1.165, 1.54) is 18.2 Å². The fraction of sp³-hybridized carbons (Fsp3) is 0.0909. The zero-order chi connectivity index (χ0) is 20.6. The number of aromatic carboxylic acids is 2. The van der Waals surface area contributed by atoms with Crippen molar-refractivity contribution in [3.05, 3.63) is 76.4 Å². The van der Waals surface area contributed by atoms with E-state index in [0.29, 0.717) is 21.9 Å². The predicted molar refractivity (Wildman–Crippen MR) is 105 cm³/mol. The largest absolute Gasteiger partial charge is 0.507 e. The van der Waals surface area contributed by atoms with Crippen LogP contribution in [-0.4, -0.2) is 32.4 Å². The molecule has 3 aromatic carbocycles. The molecule has 4 N–H and O–H groups in total. The number of carbonyl (C=O) groups is 2. The van der Waals surface area contributed by atoms with Crippen molar-refractivity contribution >= 4 is 28.8 Å². The molecule has 3 rings (SSSR count). The van der Waals surface area contributed by atoms with Crippen LogP contribution in [0.3, 0.4) is 0 Å². The van der Waals surface area contributed by atoms with E-state index in [1.54, 1.807) is 31.2 Å². The lowest BCUT2D eigenvalue weighted by Crippen LogP contribution is -2.06. The van der Waals surface area contributed by atoms with Crippen LogP contribution in [-0.2, 0) is 6.42 Å². The van der Waals surface area contributed by atoms with Crippen LogP contribution < -0.4 is 0 Å². The molecule has 0 aliphatic carbocycles. The van der Waals surface area contributed by atoms with Gasteiger partial charge in [0.15, 0.2) is 0 Å². The van der Waals surface area contributed by atoms with Crippen molar-refractivity contribution in [3.8, 4) is 11.5 Å². The summed E-state index contributed by atoms with van der Waals surface area (Å²) >= 11 is 0. The minimum Gasteiger partial charge on any atom is -0.507 e. The van der Waals surface area contributed by atoms with E-state index < -0.39 is 23.4 Å². The number of aromatic hydroxyl groups is 2. The van der Waals surface area contributed by atoms with E-state index in [4.69, 9.17) is 0 Å². The Morgan fingerprint density at radius 3 is 2.14 bits per heavy atom.